The van der Waals surface area contributed by atoms with Crippen molar-refractivity contribution in [2.75, 3.05) is 0 Å². The van der Waals surface area contributed by atoms with Crippen LogP contribution in [0.1, 0.15) is 50.6 Å². The predicted octanol–water partition coefficient (Wildman–Crippen LogP) is 3.45. The smallest absolute Gasteiger partial charge is 0.0693 e. The molecule has 0 unspecified atom stereocenters. The van der Waals surface area contributed by atoms with E-state index in [4.69, 9.17) is 0 Å². The molecular weight excluding hydrogens is 246 g/mol. The first-order valence-electron chi connectivity index (χ1n) is 6.76. The average molecular weight is 270 g/mol. The average Bonchev–Trinajstić information content (AvgIpc) is 2.56. The summed E-state index contributed by atoms with van der Waals surface area (Å²) >= 11 is 0. The lowest BCUT2D eigenvalue weighted by atomic mass is 10.0. The van der Waals surface area contributed by atoms with Gasteiger partial charge in [-0.15, -0.1) is 12.4 Å². The number of nitrogens with one attached hydrogen (secondary N) is 1. The van der Waals surface area contributed by atoms with Crippen LogP contribution in [0.2, 0.25) is 0 Å². The first kappa shape index (κ1) is 15.5. The Hall–Kier alpha value is -0.570. The molecule has 0 aliphatic heterocycles. The van der Waals surface area contributed by atoms with Crippen molar-refractivity contribution < 1.29 is 5.11 Å². The number of aliphatic hydroxyl groups excluding tert-OH is 1. The highest BCUT2D eigenvalue weighted by molar-refractivity contribution is 5.85. The van der Waals surface area contributed by atoms with Gasteiger partial charge in [0.25, 0.3) is 0 Å². The van der Waals surface area contributed by atoms with Gasteiger partial charge in [0.1, 0.15) is 0 Å². The van der Waals surface area contributed by atoms with Crippen LogP contribution < -0.4 is 5.32 Å². The number of hydrogen-bond donors (Lipinski definition) is 2. The van der Waals surface area contributed by atoms with Gasteiger partial charge >= 0.3 is 0 Å². The minimum absolute atomic E-state index is 0. The Morgan fingerprint density at radius 2 is 1.78 bits per heavy atom. The Balaban J connectivity index is 0.00000162. The third kappa shape index (κ3) is 4.27. The fraction of sp³-hybridized carbons (Fsp3) is 0.600. The fourth-order valence-corrected chi connectivity index (χ4v) is 2.64. The van der Waals surface area contributed by atoms with Gasteiger partial charge in [0.05, 0.1) is 6.10 Å². The SMILES string of the molecule is C[C@H](N[C@@H]1CCCCC[C@H]1O)c1ccccc1.Cl. The topological polar surface area (TPSA) is 32.3 Å². The standard InChI is InChI=1S/C15H23NO.ClH/c1-12(13-8-4-2-5-9-13)16-14-10-6-3-7-11-15(14)17;/h2,4-5,8-9,12,14-17H,3,6-7,10-11H2,1H3;1H/t12-,14+,15+;/m0./s1. The highest BCUT2D eigenvalue weighted by Crippen LogP contribution is 2.21. The van der Waals surface area contributed by atoms with Crippen LogP contribution >= 0.6 is 12.4 Å². The fourth-order valence-electron chi connectivity index (χ4n) is 2.64. The number of aliphatic hydroxyl groups is 1. The minimum atomic E-state index is -0.177. The molecule has 3 atom stereocenters. The summed E-state index contributed by atoms with van der Waals surface area (Å²) in [6.45, 7) is 2.17. The summed E-state index contributed by atoms with van der Waals surface area (Å²) in [6.07, 6.45) is 5.52. The minimum Gasteiger partial charge on any atom is -0.392 e. The summed E-state index contributed by atoms with van der Waals surface area (Å²) in [5.41, 5.74) is 1.30. The monoisotopic (exact) mass is 269 g/mol. The van der Waals surface area contributed by atoms with Crippen LogP contribution in [-0.4, -0.2) is 17.3 Å². The summed E-state index contributed by atoms with van der Waals surface area (Å²) < 4.78 is 0. The Labute approximate surface area is 116 Å². The molecule has 0 spiro atoms. The highest BCUT2D eigenvalue weighted by Gasteiger charge is 2.22. The van der Waals surface area contributed by atoms with Crippen molar-refractivity contribution in [3.8, 4) is 0 Å². The van der Waals surface area contributed by atoms with Crippen molar-refractivity contribution in [1.29, 1.82) is 0 Å². The molecule has 2 N–H and O–H groups in total. The van der Waals surface area contributed by atoms with Crippen LogP contribution in [0, 0.1) is 0 Å². The van der Waals surface area contributed by atoms with Gasteiger partial charge in [-0.25, -0.2) is 0 Å². The molecular formula is C15H24ClNO. The molecule has 0 heterocycles. The van der Waals surface area contributed by atoms with E-state index in [1.54, 1.807) is 0 Å². The molecule has 1 aromatic rings. The molecule has 1 aliphatic rings. The van der Waals surface area contributed by atoms with E-state index in [2.05, 4.69) is 36.5 Å². The molecule has 102 valence electrons. The van der Waals surface area contributed by atoms with Gasteiger partial charge in [0, 0.05) is 12.1 Å². The largest absolute Gasteiger partial charge is 0.392 e. The number of halogens is 1. The van der Waals surface area contributed by atoms with Gasteiger partial charge in [-0.05, 0) is 25.3 Å². The molecule has 0 aromatic heterocycles. The zero-order chi connectivity index (χ0) is 12.1. The van der Waals surface area contributed by atoms with Gasteiger partial charge in [-0.2, -0.15) is 0 Å². The third-order valence-corrected chi connectivity index (χ3v) is 3.74. The van der Waals surface area contributed by atoms with Crippen LogP contribution in [0.25, 0.3) is 0 Å². The van der Waals surface area contributed by atoms with E-state index in [-0.39, 0.29) is 24.6 Å². The predicted molar refractivity (Wildman–Crippen MR) is 78.1 cm³/mol. The van der Waals surface area contributed by atoms with E-state index in [9.17, 15) is 5.11 Å². The van der Waals surface area contributed by atoms with Gasteiger partial charge in [0.2, 0.25) is 0 Å². The van der Waals surface area contributed by atoms with Crippen LogP contribution in [0.4, 0.5) is 0 Å². The Morgan fingerprint density at radius 1 is 1.11 bits per heavy atom. The second-order valence-electron chi connectivity index (χ2n) is 5.11. The van der Waals surface area contributed by atoms with Crippen molar-refractivity contribution >= 4 is 12.4 Å². The molecule has 2 rings (SSSR count). The molecule has 3 heteroatoms. The molecule has 1 aromatic carbocycles. The van der Waals surface area contributed by atoms with E-state index >= 15 is 0 Å². The molecule has 2 nitrogen and oxygen atoms in total. The van der Waals surface area contributed by atoms with Gasteiger partial charge in [-0.3, -0.25) is 0 Å². The van der Waals surface area contributed by atoms with Crippen molar-refractivity contribution in [1.82, 2.24) is 5.32 Å². The quantitative estimate of drug-likeness (QED) is 0.824. The van der Waals surface area contributed by atoms with Crippen molar-refractivity contribution in [2.45, 2.75) is 57.2 Å². The maximum atomic E-state index is 10.1. The number of hydrogen-bond acceptors (Lipinski definition) is 2. The second-order valence-corrected chi connectivity index (χ2v) is 5.11. The molecule has 0 amide bonds. The van der Waals surface area contributed by atoms with Crippen LogP contribution in [0.15, 0.2) is 30.3 Å². The van der Waals surface area contributed by atoms with E-state index < -0.39 is 0 Å². The van der Waals surface area contributed by atoms with Gasteiger partial charge in [0.15, 0.2) is 0 Å². The van der Waals surface area contributed by atoms with E-state index in [1.807, 2.05) is 6.07 Å². The molecule has 18 heavy (non-hydrogen) atoms. The maximum absolute atomic E-state index is 10.1. The molecule has 1 saturated carbocycles. The molecule has 0 saturated heterocycles. The maximum Gasteiger partial charge on any atom is 0.0693 e. The summed E-state index contributed by atoms with van der Waals surface area (Å²) in [4.78, 5) is 0. The first-order chi connectivity index (χ1) is 8.27. The van der Waals surface area contributed by atoms with Crippen LogP contribution in [0.5, 0.6) is 0 Å². The van der Waals surface area contributed by atoms with Gasteiger partial charge in [-0.1, -0.05) is 49.6 Å². The van der Waals surface area contributed by atoms with Crippen molar-refractivity contribution in [3.05, 3.63) is 35.9 Å². The van der Waals surface area contributed by atoms with Crippen molar-refractivity contribution in [3.63, 3.8) is 0 Å². The lowest BCUT2D eigenvalue weighted by Crippen LogP contribution is -2.40. The molecule has 1 fully saturated rings. The summed E-state index contributed by atoms with van der Waals surface area (Å²) in [7, 11) is 0. The Kier molecular flexibility index (Phi) is 6.69. The molecule has 0 bridgehead atoms. The van der Waals surface area contributed by atoms with Gasteiger partial charge < -0.3 is 10.4 Å². The van der Waals surface area contributed by atoms with E-state index in [0.29, 0.717) is 6.04 Å². The normalized spacial score (nSPS) is 25.9. The Bertz CT molecular complexity index is 331. The van der Waals surface area contributed by atoms with Crippen LogP contribution in [0.3, 0.4) is 0 Å². The highest BCUT2D eigenvalue weighted by atomic mass is 35.5. The second kappa shape index (κ2) is 7.78. The molecule has 0 radical (unpaired) electrons. The lowest BCUT2D eigenvalue weighted by Gasteiger charge is -2.26. The van der Waals surface area contributed by atoms with Crippen LogP contribution in [-0.2, 0) is 0 Å². The lowest BCUT2D eigenvalue weighted by molar-refractivity contribution is 0.115. The zero-order valence-corrected chi connectivity index (χ0v) is 11.8. The summed E-state index contributed by atoms with van der Waals surface area (Å²) in [6, 6.07) is 11.0. The number of benzene rings is 1. The summed E-state index contributed by atoms with van der Waals surface area (Å²) in [5, 5.41) is 13.7. The van der Waals surface area contributed by atoms with Crippen molar-refractivity contribution in [2.24, 2.45) is 0 Å². The molecule has 1 aliphatic carbocycles. The van der Waals surface area contributed by atoms with E-state index in [1.165, 1.54) is 24.8 Å². The zero-order valence-electron chi connectivity index (χ0n) is 11.0. The van der Waals surface area contributed by atoms with E-state index in [0.717, 1.165) is 12.8 Å². The summed E-state index contributed by atoms with van der Waals surface area (Å²) in [5.74, 6) is 0. The first-order valence-corrected chi connectivity index (χ1v) is 6.76. The third-order valence-electron chi connectivity index (χ3n) is 3.74. The Morgan fingerprint density at radius 3 is 2.50 bits per heavy atom. The number of rotatable bonds is 3.